The van der Waals surface area contributed by atoms with Crippen molar-refractivity contribution in [2.24, 2.45) is 0 Å². The maximum absolute atomic E-state index is 9.51. The number of aliphatic hydroxyl groups excluding tert-OH is 4. The third-order valence-corrected chi connectivity index (χ3v) is 3.47. The molecule has 0 aliphatic heterocycles. The smallest absolute Gasteiger partial charge is 0.143 e. The van der Waals surface area contributed by atoms with Crippen LogP contribution >= 0.6 is 0 Å². The van der Waals surface area contributed by atoms with Gasteiger partial charge in [-0.05, 0) is 25.0 Å². The molecular weight excluding hydrogens is 288 g/mol. The molecule has 7 heteroatoms. The summed E-state index contributed by atoms with van der Waals surface area (Å²) in [5.74, 6) is 0.549. The summed E-state index contributed by atoms with van der Waals surface area (Å²) in [5.41, 5.74) is 7.16. The molecule has 1 rings (SSSR count). The average Bonchev–Trinajstić information content (AvgIpc) is 2.54. The molecule has 2 unspecified atom stereocenters. The van der Waals surface area contributed by atoms with Gasteiger partial charge >= 0.3 is 0 Å². The zero-order valence-corrected chi connectivity index (χ0v) is 12.9. The largest absolute Gasteiger partial charge is 0.495 e. The Balaban J connectivity index is 2.82. The Morgan fingerprint density at radius 2 is 1.64 bits per heavy atom. The lowest BCUT2D eigenvalue weighted by Crippen LogP contribution is -2.31. The number of nitrogens with zero attached hydrogens (tertiary/aromatic N) is 1. The highest BCUT2D eigenvalue weighted by atomic mass is 16.5. The van der Waals surface area contributed by atoms with Gasteiger partial charge in [0.05, 0.1) is 38.2 Å². The lowest BCUT2D eigenvalue weighted by Gasteiger charge is -2.27. The van der Waals surface area contributed by atoms with E-state index in [1.165, 1.54) is 7.11 Å². The third kappa shape index (κ3) is 5.69. The molecule has 0 bridgehead atoms. The van der Waals surface area contributed by atoms with E-state index in [4.69, 9.17) is 20.7 Å². The first-order chi connectivity index (χ1) is 10.5. The molecule has 0 amide bonds. The van der Waals surface area contributed by atoms with Gasteiger partial charge in [0, 0.05) is 24.8 Å². The van der Waals surface area contributed by atoms with Gasteiger partial charge in [0.1, 0.15) is 5.75 Å². The molecule has 0 aromatic heterocycles. The summed E-state index contributed by atoms with van der Waals surface area (Å²) in [6.07, 6.45) is -0.807. The highest BCUT2D eigenvalue weighted by Gasteiger charge is 2.13. The van der Waals surface area contributed by atoms with E-state index in [-0.39, 0.29) is 13.2 Å². The zero-order chi connectivity index (χ0) is 16.5. The Hall–Kier alpha value is -1.54. The van der Waals surface area contributed by atoms with E-state index in [9.17, 15) is 10.2 Å². The molecule has 2 atom stereocenters. The summed E-state index contributed by atoms with van der Waals surface area (Å²) < 4.78 is 5.20. The van der Waals surface area contributed by atoms with Crippen molar-refractivity contribution in [3.8, 4) is 5.75 Å². The lowest BCUT2D eigenvalue weighted by molar-refractivity contribution is 0.0854. The first-order valence-corrected chi connectivity index (χ1v) is 7.28. The fourth-order valence-electron chi connectivity index (χ4n) is 2.06. The molecule has 0 radical (unpaired) electrons. The highest BCUT2D eigenvalue weighted by molar-refractivity contribution is 5.62. The van der Waals surface area contributed by atoms with Crippen LogP contribution in [0.3, 0.4) is 0 Å². The molecule has 7 nitrogen and oxygen atoms in total. The van der Waals surface area contributed by atoms with Gasteiger partial charge in [0.15, 0.2) is 0 Å². The molecule has 1 aromatic rings. The number of anilines is 2. The Labute approximate surface area is 130 Å². The fraction of sp³-hybridized carbons (Fsp3) is 0.600. The summed E-state index contributed by atoms with van der Waals surface area (Å²) in [6, 6.07) is 5.34. The van der Waals surface area contributed by atoms with Crippen LogP contribution in [0.2, 0.25) is 0 Å². The average molecular weight is 314 g/mol. The summed E-state index contributed by atoms with van der Waals surface area (Å²) in [5, 5.41) is 36.9. The van der Waals surface area contributed by atoms with Crippen molar-refractivity contribution in [2.45, 2.75) is 25.0 Å². The quantitative estimate of drug-likeness (QED) is 0.372. The van der Waals surface area contributed by atoms with Crippen LogP contribution in [-0.4, -0.2) is 66.0 Å². The normalized spacial score (nSPS) is 13.7. The summed E-state index contributed by atoms with van der Waals surface area (Å²) in [7, 11) is 1.53. The molecule has 0 spiro atoms. The van der Waals surface area contributed by atoms with Crippen LogP contribution in [0.15, 0.2) is 18.2 Å². The number of hydrogen-bond acceptors (Lipinski definition) is 7. The van der Waals surface area contributed by atoms with Crippen molar-refractivity contribution in [3.05, 3.63) is 18.2 Å². The Morgan fingerprint density at radius 1 is 1.09 bits per heavy atom. The van der Waals surface area contributed by atoms with Crippen LogP contribution in [0.25, 0.3) is 0 Å². The first-order valence-electron chi connectivity index (χ1n) is 7.28. The highest BCUT2D eigenvalue weighted by Crippen LogP contribution is 2.27. The van der Waals surface area contributed by atoms with Crippen molar-refractivity contribution in [1.82, 2.24) is 0 Å². The number of nitrogen functional groups attached to an aromatic ring is 1. The van der Waals surface area contributed by atoms with Crippen molar-refractivity contribution in [2.75, 3.05) is 44.0 Å². The van der Waals surface area contributed by atoms with Crippen LogP contribution in [0, 0.1) is 0 Å². The fourth-order valence-corrected chi connectivity index (χ4v) is 2.06. The molecule has 0 saturated carbocycles. The molecule has 0 saturated heterocycles. The van der Waals surface area contributed by atoms with Gasteiger partial charge < -0.3 is 35.8 Å². The number of methoxy groups -OCH3 is 1. The summed E-state index contributed by atoms with van der Waals surface area (Å²) in [4.78, 5) is 1.94. The Kier molecular flexibility index (Phi) is 7.97. The Morgan fingerprint density at radius 3 is 2.09 bits per heavy atom. The topological polar surface area (TPSA) is 119 Å². The maximum Gasteiger partial charge on any atom is 0.143 e. The molecule has 1 aromatic carbocycles. The van der Waals surface area contributed by atoms with Gasteiger partial charge in [-0.2, -0.15) is 0 Å². The summed E-state index contributed by atoms with van der Waals surface area (Å²) >= 11 is 0. The second-order valence-corrected chi connectivity index (χ2v) is 5.16. The maximum atomic E-state index is 9.51. The second kappa shape index (κ2) is 9.47. The van der Waals surface area contributed by atoms with Crippen LogP contribution in [0.4, 0.5) is 11.4 Å². The van der Waals surface area contributed by atoms with E-state index in [2.05, 4.69) is 0 Å². The van der Waals surface area contributed by atoms with Crippen LogP contribution < -0.4 is 15.4 Å². The van der Waals surface area contributed by atoms with E-state index >= 15 is 0 Å². The number of aliphatic hydroxyl groups is 4. The van der Waals surface area contributed by atoms with E-state index in [1.54, 1.807) is 12.1 Å². The Bertz CT molecular complexity index is 430. The molecule has 22 heavy (non-hydrogen) atoms. The standard InChI is InChI=1S/C15H26N2O5/c1-22-15-8-11(2-3-14(15)16)17(6-4-12(20)9-18)7-5-13(21)10-19/h2-3,8,12-13,18-21H,4-7,9-10,16H2,1H3. The van der Waals surface area contributed by atoms with E-state index in [0.29, 0.717) is 37.4 Å². The zero-order valence-electron chi connectivity index (χ0n) is 12.9. The SMILES string of the molecule is COc1cc(N(CCC(O)CO)CCC(O)CO)ccc1N. The molecule has 0 fully saturated rings. The number of rotatable bonds is 10. The predicted octanol–water partition coefficient (Wildman–Crippen LogP) is -0.430. The van der Waals surface area contributed by atoms with E-state index < -0.39 is 12.2 Å². The van der Waals surface area contributed by atoms with Crippen molar-refractivity contribution in [1.29, 1.82) is 0 Å². The molecule has 0 heterocycles. The van der Waals surface area contributed by atoms with Crippen LogP contribution in [0.5, 0.6) is 5.75 Å². The minimum atomic E-state index is -0.791. The minimum Gasteiger partial charge on any atom is -0.495 e. The van der Waals surface area contributed by atoms with Crippen LogP contribution in [-0.2, 0) is 0 Å². The third-order valence-electron chi connectivity index (χ3n) is 3.47. The van der Waals surface area contributed by atoms with Gasteiger partial charge in [-0.25, -0.2) is 0 Å². The minimum absolute atomic E-state index is 0.293. The molecule has 0 aliphatic rings. The van der Waals surface area contributed by atoms with E-state index in [0.717, 1.165) is 5.69 Å². The summed E-state index contributed by atoms with van der Waals surface area (Å²) in [6.45, 7) is 0.399. The number of nitrogens with two attached hydrogens (primary N) is 1. The molecule has 0 aliphatic carbocycles. The van der Waals surface area contributed by atoms with Crippen molar-refractivity contribution >= 4 is 11.4 Å². The van der Waals surface area contributed by atoms with Crippen LogP contribution in [0.1, 0.15) is 12.8 Å². The predicted molar refractivity (Wildman–Crippen MR) is 85.0 cm³/mol. The van der Waals surface area contributed by atoms with Gasteiger partial charge in [-0.15, -0.1) is 0 Å². The van der Waals surface area contributed by atoms with Gasteiger partial charge in [0.2, 0.25) is 0 Å². The molecule has 6 N–H and O–H groups in total. The monoisotopic (exact) mass is 314 g/mol. The van der Waals surface area contributed by atoms with E-state index in [1.807, 2.05) is 11.0 Å². The second-order valence-electron chi connectivity index (χ2n) is 5.16. The number of benzene rings is 1. The first kappa shape index (κ1) is 18.5. The van der Waals surface area contributed by atoms with Gasteiger partial charge in [-0.3, -0.25) is 0 Å². The number of ether oxygens (including phenoxy) is 1. The van der Waals surface area contributed by atoms with Crippen molar-refractivity contribution < 1.29 is 25.2 Å². The molecular formula is C15H26N2O5. The number of hydrogen-bond donors (Lipinski definition) is 5. The van der Waals surface area contributed by atoms with Gasteiger partial charge in [-0.1, -0.05) is 0 Å². The molecule has 126 valence electrons. The van der Waals surface area contributed by atoms with Crippen molar-refractivity contribution in [3.63, 3.8) is 0 Å². The lowest BCUT2D eigenvalue weighted by atomic mass is 10.1. The van der Waals surface area contributed by atoms with Gasteiger partial charge in [0.25, 0.3) is 0 Å².